The lowest BCUT2D eigenvalue weighted by molar-refractivity contribution is -0.135. The van der Waals surface area contributed by atoms with Crippen LogP contribution in [-0.4, -0.2) is 39.0 Å². The molecule has 0 heterocycles. The normalized spacial score (nSPS) is 10.1. The molecule has 0 unspecified atom stereocenters. The van der Waals surface area contributed by atoms with Crippen molar-refractivity contribution in [3.63, 3.8) is 0 Å². The summed E-state index contributed by atoms with van der Waals surface area (Å²) < 4.78 is 0. The predicted molar refractivity (Wildman–Crippen MR) is 91.1 cm³/mol. The summed E-state index contributed by atoms with van der Waals surface area (Å²) in [5.74, 6) is -2.01. The Bertz CT molecular complexity index is 807. The first kappa shape index (κ1) is 18.1. The average Bonchev–Trinajstić information content (AvgIpc) is 2.56. The van der Waals surface area contributed by atoms with Gasteiger partial charge < -0.3 is 26.0 Å². The summed E-state index contributed by atoms with van der Waals surface area (Å²) in [6.45, 7) is -0.482. The van der Waals surface area contributed by atoms with Gasteiger partial charge in [-0.05, 0) is 48.2 Å². The number of phenols is 2. The molecule has 2 amide bonds. The first-order valence-electron chi connectivity index (χ1n) is 6.96. The number of hydrogen-bond acceptors (Lipinski definition) is 6. The first-order chi connectivity index (χ1) is 11.8. The van der Waals surface area contributed by atoms with Crippen molar-refractivity contribution in [2.45, 2.75) is 4.90 Å². The van der Waals surface area contributed by atoms with E-state index >= 15 is 0 Å². The van der Waals surface area contributed by atoms with E-state index in [4.69, 9.17) is 5.11 Å². The standard InChI is InChI=1S/C16H14N2O6S/c19-11-5-6-13(12(20)7-11)25-16(24)18-10-3-1-9(2-4-10)15(23)17-8-14(21)22/h1-7,19-20H,8H2,(H,17,23)(H,18,24)(H,21,22). The molecular weight excluding hydrogens is 348 g/mol. The summed E-state index contributed by atoms with van der Waals surface area (Å²) in [6, 6.07) is 9.74. The van der Waals surface area contributed by atoms with Crippen LogP contribution < -0.4 is 10.6 Å². The minimum absolute atomic E-state index is 0.112. The summed E-state index contributed by atoms with van der Waals surface area (Å²) in [7, 11) is 0. The van der Waals surface area contributed by atoms with Gasteiger partial charge in [0.25, 0.3) is 11.1 Å². The van der Waals surface area contributed by atoms with Crippen LogP contribution in [0.3, 0.4) is 0 Å². The fourth-order valence-electron chi connectivity index (χ4n) is 1.80. The molecule has 5 N–H and O–H groups in total. The Morgan fingerprint density at radius 1 is 1.00 bits per heavy atom. The van der Waals surface area contributed by atoms with Crippen LogP contribution in [0.25, 0.3) is 0 Å². The first-order valence-corrected chi connectivity index (χ1v) is 7.77. The Morgan fingerprint density at radius 3 is 2.28 bits per heavy atom. The summed E-state index contributed by atoms with van der Waals surface area (Å²) in [4.78, 5) is 34.3. The van der Waals surface area contributed by atoms with E-state index in [0.717, 1.165) is 17.8 Å². The number of benzene rings is 2. The van der Waals surface area contributed by atoms with Crippen LogP contribution in [0, 0.1) is 0 Å². The quantitative estimate of drug-likeness (QED) is 0.515. The highest BCUT2D eigenvalue weighted by atomic mass is 32.2. The number of rotatable bonds is 5. The van der Waals surface area contributed by atoms with Crippen molar-refractivity contribution in [1.82, 2.24) is 5.32 Å². The fraction of sp³-hybridized carbons (Fsp3) is 0.0625. The molecule has 0 fully saturated rings. The number of carbonyl (C=O) groups excluding carboxylic acids is 2. The molecule has 0 atom stereocenters. The van der Waals surface area contributed by atoms with Gasteiger partial charge >= 0.3 is 5.97 Å². The number of amides is 2. The van der Waals surface area contributed by atoms with E-state index in [9.17, 15) is 24.6 Å². The van der Waals surface area contributed by atoms with Gasteiger partial charge in [-0.25, -0.2) is 0 Å². The second kappa shape index (κ2) is 8.06. The molecule has 2 rings (SSSR count). The van der Waals surface area contributed by atoms with E-state index in [1.165, 1.54) is 36.4 Å². The summed E-state index contributed by atoms with van der Waals surface area (Å²) >= 11 is 0.740. The largest absolute Gasteiger partial charge is 0.508 e. The highest BCUT2D eigenvalue weighted by Crippen LogP contribution is 2.32. The van der Waals surface area contributed by atoms with Crippen molar-refractivity contribution < 1.29 is 29.7 Å². The number of aromatic hydroxyl groups is 2. The maximum absolute atomic E-state index is 11.9. The number of hydrogen-bond donors (Lipinski definition) is 5. The molecule has 0 aliphatic carbocycles. The maximum Gasteiger partial charge on any atom is 0.322 e. The summed E-state index contributed by atoms with van der Waals surface area (Å²) in [6.07, 6.45) is 0. The third kappa shape index (κ3) is 5.43. The van der Waals surface area contributed by atoms with Crippen LogP contribution in [-0.2, 0) is 4.79 Å². The molecule has 0 aliphatic heterocycles. The number of anilines is 1. The Morgan fingerprint density at radius 2 is 1.68 bits per heavy atom. The van der Waals surface area contributed by atoms with Gasteiger partial charge in [0.2, 0.25) is 0 Å². The van der Waals surface area contributed by atoms with Crippen molar-refractivity contribution in [3.8, 4) is 11.5 Å². The third-order valence-electron chi connectivity index (χ3n) is 2.94. The van der Waals surface area contributed by atoms with E-state index in [0.29, 0.717) is 5.69 Å². The second-order valence-corrected chi connectivity index (χ2v) is 5.84. The predicted octanol–water partition coefficient (Wildman–Crippen LogP) is 2.24. The molecular formula is C16H14N2O6S. The molecule has 25 heavy (non-hydrogen) atoms. The molecule has 0 radical (unpaired) electrons. The number of carboxylic acids is 1. The topological polar surface area (TPSA) is 136 Å². The Kier molecular flexibility index (Phi) is 5.85. The van der Waals surface area contributed by atoms with E-state index in [-0.39, 0.29) is 22.0 Å². The molecule has 2 aromatic rings. The average molecular weight is 362 g/mol. The molecule has 2 aromatic carbocycles. The highest BCUT2D eigenvalue weighted by Gasteiger charge is 2.11. The maximum atomic E-state index is 11.9. The van der Waals surface area contributed by atoms with Gasteiger partial charge in [-0.15, -0.1) is 0 Å². The van der Waals surface area contributed by atoms with Gasteiger partial charge in [0.1, 0.15) is 18.0 Å². The van der Waals surface area contributed by atoms with Crippen molar-refractivity contribution in [3.05, 3.63) is 48.0 Å². The lowest BCUT2D eigenvalue weighted by Crippen LogP contribution is -2.29. The Balaban J connectivity index is 1.95. The van der Waals surface area contributed by atoms with Gasteiger partial charge in [0.15, 0.2) is 0 Å². The van der Waals surface area contributed by atoms with Crippen LogP contribution in [0.15, 0.2) is 47.4 Å². The minimum atomic E-state index is -1.15. The number of carboxylic acid groups (broad SMARTS) is 1. The van der Waals surface area contributed by atoms with Crippen molar-refractivity contribution in [2.24, 2.45) is 0 Å². The van der Waals surface area contributed by atoms with Crippen molar-refractivity contribution in [1.29, 1.82) is 0 Å². The second-order valence-electron chi connectivity index (χ2n) is 4.82. The van der Waals surface area contributed by atoms with Gasteiger partial charge in [-0.1, -0.05) is 0 Å². The Hall–Kier alpha value is -3.20. The zero-order valence-electron chi connectivity index (χ0n) is 12.7. The molecule has 130 valence electrons. The molecule has 0 spiro atoms. The van der Waals surface area contributed by atoms with Crippen LogP contribution in [0.1, 0.15) is 10.4 Å². The number of nitrogens with one attached hydrogen (secondary N) is 2. The molecule has 0 saturated heterocycles. The van der Waals surface area contributed by atoms with E-state index < -0.39 is 23.7 Å². The van der Waals surface area contributed by atoms with Crippen LogP contribution in [0.5, 0.6) is 11.5 Å². The molecule has 0 saturated carbocycles. The fourth-order valence-corrected chi connectivity index (χ4v) is 2.47. The third-order valence-corrected chi connectivity index (χ3v) is 3.79. The smallest absolute Gasteiger partial charge is 0.322 e. The molecule has 8 nitrogen and oxygen atoms in total. The van der Waals surface area contributed by atoms with E-state index in [2.05, 4.69) is 10.6 Å². The van der Waals surface area contributed by atoms with Gasteiger partial charge in [-0.2, -0.15) is 0 Å². The van der Waals surface area contributed by atoms with Crippen LogP contribution in [0.2, 0.25) is 0 Å². The van der Waals surface area contributed by atoms with Gasteiger partial charge in [-0.3, -0.25) is 14.4 Å². The van der Waals surface area contributed by atoms with Crippen molar-refractivity contribution >= 4 is 34.6 Å². The summed E-state index contributed by atoms with van der Waals surface area (Å²) in [5, 5.41) is 31.7. The molecule has 0 aromatic heterocycles. The molecule has 0 bridgehead atoms. The SMILES string of the molecule is O=C(O)CNC(=O)c1ccc(NC(=O)Sc2ccc(O)cc2O)cc1. The highest BCUT2D eigenvalue weighted by molar-refractivity contribution is 8.14. The zero-order chi connectivity index (χ0) is 18.4. The van der Waals surface area contributed by atoms with E-state index in [1.54, 1.807) is 0 Å². The summed E-state index contributed by atoms with van der Waals surface area (Å²) in [5.41, 5.74) is 0.675. The number of thioether (sulfide) groups is 1. The number of carbonyl (C=O) groups is 3. The van der Waals surface area contributed by atoms with Gasteiger partial charge in [0, 0.05) is 17.3 Å². The lowest BCUT2D eigenvalue weighted by atomic mass is 10.2. The zero-order valence-corrected chi connectivity index (χ0v) is 13.5. The monoisotopic (exact) mass is 362 g/mol. The van der Waals surface area contributed by atoms with Crippen LogP contribution in [0.4, 0.5) is 10.5 Å². The lowest BCUT2D eigenvalue weighted by Gasteiger charge is -2.07. The number of phenolic OH excluding ortho intramolecular Hbond substituents is 2. The van der Waals surface area contributed by atoms with E-state index in [1.807, 2.05) is 0 Å². The molecule has 0 aliphatic rings. The minimum Gasteiger partial charge on any atom is -0.508 e. The van der Waals surface area contributed by atoms with Crippen LogP contribution >= 0.6 is 11.8 Å². The van der Waals surface area contributed by atoms with Gasteiger partial charge in [0.05, 0.1) is 4.90 Å². The molecule has 9 heteroatoms. The van der Waals surface area contributed by atoms with Crippen molar-refractivity contribution in [2.75, 3.05) is 11.9 Å². The Labute approximate surface area is 146 Å². The number of aliphatic carboxylic acids is 1.